The number of hydrogen-bond donors (Lipinski definition) is 2. The van der Waals surface area contributed by atoms with Crippen LogP contribution in [0.2, 0.25) is 0 Å². The summed E-state index contributed by atoms with van der Waals surface area (Å²) in [7, 11) is 0. The van der Waals surface area contributed by atoms with Gasteiger partial charge in [0.05, 0.1) is 6.04 Å². The molecule has 0 aliphatic rings. The van der Waals surface area contributed by atoms with Gasteiger partial charge in [0.25, 0.3) is 0 Å². The molecule has 5 heteroatoms. The molecule has 0 saturated heterocycles. The van der Waals surface area contributed by atoms with E-state index in [1.54, 1.807) is 11.3 Å². The van der Waals surface area contributed by atoms with Gasteiger partial charge in [-0.2, -0.15) is 0 Å². The van der Waals surface area contributed by atoms with Crippen LogP contribution in [-0.2, 0) is 11.3 Å². The first kappa shape index (κ1) is 15.7. The fourth-order valence-corrected chi connectivity index (χ4v) is 3.11. The molecule has 1 aromatic heterocycles. The first-order valence-electron chi connectivity index (χ1n) is 6.30. The average Bonchev–Trinajstić information content (AvgIpc) is 2.72. The van der Waals surface area contributed by atoms with Crippen molar-refractivity contribution in [3.63, 3.8) is 0 Å². The lowest BCUT2D eigenvalue weighted by molar-refractivity contribution is -0.123. The molecule has 1 heterocycles. The second kappa shape index (κ2) is 7.92. The molecule has 0 aliphatic carbocycles. The molecule has 0 aromatic carbocycles. The van der Waals surface area contributed by atoms with Crippen LogP contribution in [-0.4, -0.2) is 18.0 Å². The van der Waals surface area contributed by atoms with Gasteiger partial charge in [0.1, 0.15) is 0 Å². The van der Waals surface area contributed by atoms with E-state index in [9.17, 15) is 4.79 Å². The van der Waals surface area contributed by atoms with Crippen LogP contribution in [0.25, 0.3) is 0 Å². The van der Waals surface area contributed by atoms with Gasteiger partial charge in [0.2, 0.25) is 5.91 Å². The first-order chi connectivity index (χ1) is 8.54. The summed E-state index contributed by atoms with van der Waals surface area (Å²) in [6.45, 7) is 6.78. The number of carbonyl (C=O) groups excluding carboxylic acids is 1. The van der Waals surface area contributed by atoms with E-state index in [4.69, 9.17) is 0 Å². The van der Waals surface area contributed by atoms with Crippen LogP contribution in [0.1, 0.15) is 38.5 Å². The van der Waals surface area contributed by atoms with Gasteiger partial charge in [-0.15, -0.1) is 11.3 Å². The molecule has 2 unspecified atom stereocenters. The molecule has 2 N–H and O–H groups in total. The number of halogens is 1. The molecule has 1 amide bonds. The van der Waals surface area contributed by atoms with Gasteiger partial charge in [-0.05, 0) is 47.6 Å². The molecule has 0 bridgehead atoms. The van der Waals surface area contributed by atoms with Gasteiger partial charge in [-0.25, -0.2) is 0 Å². The Hall–Kier alpha value is -0.390. The third kappa shape index (κ3) is 5.08. The minimum absolute atomic E-state index is 0.0728. The second-order valence-electron chi connectivity index (χ2n) is 4.49. The Morgan fingerprint density at radius 3 is 2.78 bits per heavy atom. The lowest BCUT2D eigenvalue weighted by Gasteiger charge is -2.18. The standard InChI is InChI=1S/C13H21BrN2OS/c1-4-5-9(2)16-13(17)10(3)15-8-12-11(14)6-7-18-12/h6-7,9-10,15H,4-5,8H2,1-3H3,(H,16,17). The van der Waals surface area contributed by atoms with Crippen LogP contribution < -0.4 is 10.6 Å². The maximum Gasteiger partial charge on any atom is 0.237 e. The Kier molecular flexibility index (Phi) is 6.89. The zero-order valence-corrected chi connectivity index (χ0v) is 13.5. The van der Waals surface area contributed by atoms with Crippen molar-refractivity contribution in [1.82, 2.24) is 10.6 Å². The van der Waals surface area contributed by atoms with E-state index in [-0.39, 0.29) is 18.0 Å². The van der Waals surface area contributed by atoms with Gasteiger partial charge in [-0.3, -0.25) is 4.79 Å². The zero-order chi connectivity index (χ0) is 13.5. The van der Waals surface area contributed by atoms with Gasteiger partial charge in [-0.1, -0.05) is 13.3 Å². The molecule has 3 nitrogen and oxygen atoms in total. The summed E-state index contributed by atoms with van der Waals surface area (Å²) in [5.74, 6) is 0.0728. The molecular weight excluding hydrogens is 312 g/mol. The summed E-state index contributed by atoms with van der Waals surface area (Å²) in [4.78, 5) is 13.1. The summed E-state index contributed by atoms with van der Waals surface area (Å²) < 4.78 is 1.10. The summed E-state index contributed by atoms with van der Waals surface area (Å²) in [5, 5.41) is 8.29. The zero-order valence-electron chi connectivity index (χ0n) is 11.1. The highest BCUT2D eigenvalue weighted by Crippen LogP contribution is 2.22. The SMILES string of the molecule is CCCC(C)NC(=O)C(C)NCc1sccc1Br. The molecule has 1 aromatic rings. The summed E-state index contributed by atoms with van der Waals surface area (Å²) in [5.41, 5.74) is 0. The van der Waals surface area contributed by atoms with Gasteiger partial charge >= 0.3 is 0 Å². The summed E-state index contributed by atoms with van der Waals surface area (Å²) >= 11 is 5.17. The third-order valence-electron chi connectivity index (χ3n) is 2.76. The van der Waals surface area contributed by atoms with Gasteiger partial charge in [0.15, 0.2) is 0 Å². The number of carbonyl (C=O) groups is 1. The minimum atomic E-state index is -0.168. The number of rotatable bonds is 7. The average molecular weight is 333 g/mol. The Balaban J connectivity index is 2.34. The summed E-state index contributed by atoms with van der Waals surface area (Å²) in [6.07, 6.45) is 2.11. The topological polar surface area (TPSA) is 41.1 Å². The van der Waals surface area contributed by atoms with Crippen LogP contribution in [0.4, 0.5) is 0 Å². The molecular formula is C13H21BrN2OS. The number of nitrogens with one attached hydrogen (secondary N) is 2. The van der Waals surface area contributed by atoms with Crippen molar-refractivity contribution in [2.75, 3.05) is 0 Å². The highest BCUT2D eigenvalue weighted by atomic mass is 79.9. The van der Waals surface area contributed by atoms with Crippen LogP contribution >= 0.6 is 27.3 Å². The predicted molar refractivity (Wildman–Crippen MR) is 80.8 cm³/mol. The van der Waals surface area contributed by atoms with Crippen LogP contribution in [0.3, 0.4) is 0 Å². The number of thiophene rings is 1. The quantitative estimate of drug-likeness (QED) is 0.804. The lowest BCUT2D eigenvalue weighted by atomic mass is 10.2. The Bertz CT molecular complexity index is 381. The van der Waals surface area contributed by atoms with Crippen LogP contribution in [0.5, 0.6) is 0 Å². The third-order valence-corrected chi connectivity index (χ3v) is 4.69. The fourth-order valence-electron chi connectivity index (χ4n) is 1.66. The second-order valence-corrected chi connectivity index (χ2v) is 6.35. The van der Waals surface area contributed by atoms with Crippen molar-refractivity contribution in [3.05, 3.63) is 20.8 Å². The van der Waals surface area contributed by atoms with E-state index in [0.29, 0.717) is 0 Å². The summed E-state index contributed by atoms with van der Waals surface area (Å²) in [6, 6.07) is 2.11. The number of hydrogen-bond acceptors (Lipinski definition) is 3. The molecule has 18 heavy (non-hydrogen) atoms. The van der Waals surface area contributed by atoms with E-state index in [0.717, 1.165) is 23.9 Å². The highest BCUT2D eigenvalue weighted by molar-refractivity contribution is 9.10. The largest absolute Gasteiger partial charge is 0.352 e. The fraction of sp³-hybridized carbons (Fsp3) is 0.615. The maximum absolute atomic E-state index is 11.9. The van der Waals surface area contributed by atoms with Crippen molar-refractivity contribution in [2.45, 2.75) is 52.2 Å². The first-order valence-corrected chi connectivity index (χ1v) is 7.97. The van der Waals surface area contributed by atoms with Crippen LogP contribution in [0, 0.1) is 0 Å². The molecule has 1 rings (SSSR count). The van der Waals surface area contributed by atoms with E-state index in [1.165, 1.54) is 4.88 Å². The van der Waals surface area contributed by atoms with Gasteiger partial charge in [0, 0.05) is 21.9 Å². The van der Waals surface area contributed by atoms with E-state index in [2.05, 4.69) is 33.5 Å². The monoisotopic (exact) mass is 332 g/mol. The highest BCUT2D eigenvalue weighted by Gasteiger charge is 2.14. The van der Waals surface area contributed by atoms with Gasteiger partial charge < -0.3 is 10.6 Å². The van der Waals surface area contributed by atoms with Crippen LogP contribution in [0.15, 0.2) is 15.9 Å². The predicted octanol–water partition coefficient (Wildman–Crippen LogP) is 3.29. The Labute approximate surface area is 121 Å². The normalized spacial score (nSPS) is 14.2. The molecule has 0 saturated carbocycles. The molecule has 0 aliphatic heterocycles. The molecule has 102 valence electrons. The molecule has 2 atom stereocenters. The van der Waals surface area contributed by atoms with Crippen molar-refractivity contribution in [3.8, 4) is 0 Å². The van der Waals surface area contributed by atoms with Crippen molar-refractivity contribution in [1.29, 1.82) is 0 Å². The molecule has 0 spiro atoms. The number of amides is 1. The Morgan fingerprint density at radius 1 is 1.50 bits per heavy atom. The lowest BCUT2D eigenvalue weighted by Crippen LogP contribution is -2.45. The van der Waals surface area contributed by atoms with Crippen molar-refractivity contribution >= 4 is 33.2 Å². The molecule has 0 fully saturated rings. The Morgan fingerprint density at radius 2 is 2.22 bits per heavy atom. The van der Waals surface area contributed by atoms with E-state index in [1.807, 2.05) is 25.3 Å². The van der Waals surface area contributed by atoms with E-state index < -0.39 is 0 Å². The van der Waals surface area contributed by atoms with Crippen molar-refractivity contribution < 1.29 is 4.79 Å². The smallest absolute Gasteiger partial charge is 0.237 e. The maximum atomic E-state index is 11.9. The minimum Gasteiger partial charge on any atom is -0.352 e. The molecule has 0 radical (unpaired) electrons. The van der Waals surface area contributed by atoms with Crippen molar-refractivity contribution in [2.24, 2.45) is 0 Å². The van der Waals surface area contributed by atoms with E-state index >= 15 is 0 Å².